The van der Waals surface area contributed by atoms with E-state index in [0.717, 1.165) is 52.0 Å². The Hall–Kier alpha value is -2.41. The Morgan fingerprint density at radius 1 is 0.920 bits per heavy atom. The van der Waals surface area contributed by atoms with Crippen molar-refractivity contribution in [2.75, 3.05) is 82.1 Å². The number of nitrogens with zero attached hydrogens (tertiary/aromatic N) is 5. The number of alkyl halides is 1. The maximum Gasteiger partial charge on any atom is 0.410 e. The fourth-order valence-electron chi connectivity index (χ4n) is 6.09. The molecule has 5 rings (SSSR count). The molecule has 274 valence electrons. The molecule has 50 heavy (non-hydrogen) atoms. The van der Waals surface area contributed by atoms with Gasteiger partial charge in [0.15, 0.2) is 0 Å². The molecule has 2 aliphatic heterocycles. The third-order valence-corrected chi connectivity index (χ3v) is 9.34. The molecule has 3 aromatic rings. The Balaban J connectivity index is 1.10. The molecule has 0 bridgehead atoms. The molecule has 15 heteroatoms. The number of ether oxygens (including phenoxy) is 6. The smallest absolute Gasteiger partial charge is 0.410 e. The molecular weight excluding hydrogens is 825 g/mol. The lowest BCUT2D eigenvalue weighted by Gasteiger charge is -2.46. The van der Waals surface area contributed by atoms with Crippen LogP contribution in [0.5, 0.6) is 0 Å². The number of likely N-dealkylation sites (tertiary alicyclic amines) is 1. The highest BCUT2D eigenvalue weighted by atomic mass is 127. The summed E-state index contributed by atoms with van der Waals surface area (Å²) in [6.45, 7) is 12.0. The number of aromatic nitrogens is 3. The third-order valence-electron chi connectivity index (χ3n) is 8.41. The number of aryl methyl sites for hydroxylation is 1. The first kappa shape index (κ1) is 38.8. The third kappa shape index (κ3) is 9.92. The van der Waals surface area contributed by atoms with Crippen molar-refractivity contribution in [1.29, 1.82) is 0 Å². The quantitative estimate of drug-likeness (QED) is 0.0819. The number of benzene rings is 1. The van der Waals surface area contributed by atoms with E-state index in [4.69, 9.17) is 33.4 Å². The Labute approximate surface area is 315 Å². The van der Waals surface area contributed by atoms with Gasteiger partial charge in [0.05, 0.1) is 86.9 Å². The van der Waals surface area contributed by atoms with Crippen LogP contribution >= 0.6 is 38.5 Å². The molecular formula is C35H47BrIN5O8. The number of anilines is 1. The minimum atomic E-state index is -0.818. The summed E-state index contributed by atoms with van der Waals surface area (Å²) in [4.78, 5) is 39.6. The van der Waals surface area contributed by atoms with Crippen LogP contribution in [-0.2, 0) is 51.7 Å². The zero-order valence-corrected chi connectivity index (χ0v) is 32.8. The number of amides is 2. The van der Waals surface area contributed by atoms with Crippen molar-refractivity contribution < 1.29 is 38.0 Å². The summed E-state index contributed by atoms with van der Waals surface area (Å²) in [5, 5.41) is 0. The molecule has 0 radical (unpaired) electrons. The van der Waals surface area contributed by atoms with E-state index in [1.165, 1.54) is 0 Å². The lowest BCUT2D eigenvalue weighted by atomic mass is 9.75. The molecule has 0 N–H and O–H groups in total. The number of hydrogen-bond acceptors (Lipinski definition) is 10. The van der Waals surface area contributed by atoms with Crippen LogP contribution in [0.2, 0.25) is 0 Å². The SMILES string of the molecule is CC(C)(C)OC(=O)N1CC2(C1)C(=O)N(Cc1nc3cc(Br)ccc3n1CCCCOCCOCCOCCOCCOCI)c1cnccc12. The van der Waals surface area contributed by atoms with E-state index in [0.29, 0.717) is 64.1 Å². The lowest BCUT2D eigenvalue weighted by molar-refractivity contribution is -0.129. The average Bonchev–Trinajstić information content (AvgIpc) is 3.51. The van der Waals surface area contributed by atoms with E-state index in [2.05, 4.69) is 54.1 Å². The van der Waals surface area contributed by atoms with Crippen LogP contribution in [0.1, 0.15) is 45.0 Å². The van der Waals surface area contributed by atoms with Gasteiger partial charge in [0, 0.05) is 36.9 Å². The Kier molecular flexibility index (Phi) is 14.3. The Morgan fingerprint density at radius 3 is 2.20 bits per heavy atom. The van der Waals surface area contributed by atoms with Gasteiger partial charge in [-0.25, -0.2) is 9.78 Å². The minimum absolute atomic E-state index is 0.0515. The van der Waals surface area contributed by atoms with Gasteiger partial charge in [-0.3, -0.25) is 9.78 Å². The summed E-state index contributed by atoms with van der Waals surface area (Å²) in [6.07, 6.45) is 4.76. The van der Waals surface area contributed by atoms with E-state index in [1.807, 2.05) is 39.0 Å². The molecule has 0 unspecified atom stereocenters. The number of halogens is 2. The molecule has 0 atom stereocenters. The maximum absolute atomic E-state index is 14.2. The molecule has 0 saturated carbocycles. The summed E-state index contributed by atoms with van der Waals surface area (Å²) in [5.74, 6) is 0.736. The number of carbonyl (C=O) groups is 2. The fraction of sp³-hybridized carbons (Fsp3) is 0.600. The standard InChI is InChI=1S/C35H47BrIN5O8/c1-34(2,3)50-33(44)40-23-35(24-40)27-8-9-38-21-30(27)42(32(35)43)22-31-39-28-20-26(36)6-7-29(28)41(31)10-4-5-11-45-12-13-46-14-15-47-16-17-48-18-19-49-25-37/h6-9,20-21H,4-5,10-19,22-25H2,1-3H3. The van der Waals surface area contributed by atoms with Crippen molar-refractivity contribution in [3.8, 4) is 0 Å². The van der Waals surface area contributed by atoms with Crippen molar-refractivity contribution in [3.05, 3.63) is 52.5 Å². The molecule has 2 amide bonds. The van der Waals surface area contributed by atoms with E-state index in [1.54, 1.807) is 22.2 Å². The number of unbranched alkanes of at least 4 members (excludes halogenated alkanes) is 1. The van der Waals surface area contributed by atoms with E-state index in [-0.39, 0.29) is 25.5 Å². The van der Waals surface area contributed by atoms with Gasteiger partial charge in [-0.05, 0) is 63.4 Å². The lowest BCUT2D eigenvalue weighted by Crippen LogP contribution is -2.65. The molecule has 13 nitrogen and oxygen atoms in total. The van der Waals surface area contributed by atoms with Crippen LogP contribution in [-0.4, -0.2) is 114 Å². The van der Waals surface area contributed by atoms with Crippen molar-refractivity contribution in [1.82, 2.24) is 19.4 Å². The van der Waals surface area contributed by atoms with E-state index in [9.17, 15) is 9.59 Å². The molecule has 1 aromatic carbocycles. The molecule has 2 aromatic heterocycles. The predicted molar refractivity (Wildman–Crippen MR) is 200 cm³/mol. The number of rotatable bonds is 20. The highest BCUT2D eigenvalue weighted by Crippen LogP contribution is 2.48. The fourth-order valence-corrected chi connectivity index (χ4v) is 6.75. The van der Waals surface area contributed by atoms with Gasteiger partial charge in [-0.1, -0.05) is 38.5 Å². The van der Waals surface area contributed by atoms with Gasteiger partial charge in [0.2, 0.25) is 5.91 Å². The highest BCUT2D eigenvalue weighted by molar-refractivity contribution is 14.1. The van der Waals surface area contributed by atoms with Gasteiger partial charge in [-0.15, -0.1) is 0 Å². The van der Waals surface area contributed by atoms with Gasteiger partial charge < -0.3 is 42.8 Å². The van der Waals surface area contributed by atoms with Crippen LogP contribution < -0.4 is 4.90 Å². The van der Waals surface area contributed by atoms with E-state index >= 15 is 0 Å². The number of hydrogen-bond donors (Lipinski definition) is 0. The van der Waals surface area contributed by atoms with Gasteiger partial charge >= 0.3 is 6.09 Å². The summed E-state index contributed by atoms with van der Waals surface area (Å²) in [6, 6.07) is 7.94. The number of imidazole rings is 1. The topological polar surface area (TPSA) is 127 Å². The monoisotopic (exact) mass is 871 g/mol. The van der Waals surface area contributed by atoms with Gasteiger partial charge in [0.25, 0.3) is 0 Å². The maximum atomic E-state index is 14.2. The normalized spacial score (nSPS) is 15.3. The average molecular weight is 873 g/mol. The summed E-state index contributed by atoms with van der Waals surface area (Å²) in [5.41, 5.74) is 2.07. The van der Waals surface area contributed by atoms with Crippen LogP contribution in [0, 0.1) is 0 Å². The largest absolute Gasteiger partial charge is 0.444 e. The first-order chi connectivity index (χ1) is 24.1. The molecule has 1 fully saturated rings. The molecule has 2 aliphatic rings. The second-order valence-electron chi connectivity index (χ2n) is 13.2. The first-order valence-corrected chi connectivity index (χ1v) is 19.3. The molecule has 4 heterocycles. The van der Waals surface area contributed by atoms with Crippen molar-refractivity contribution in [2.45, 2.75) is 57.7 Å². The zero-order valence-electron chi connectivity index (χ0n) is 29.0. The van der Waals surface area contributed by atoms with Crippen LogP contribution in [0.4, 0.5) is 10.5 Å². The Morgan fingerprint density at radius 2 is 1.56 bits per heavy atom. The Bertz CT molecular complexity index is 1580. The van der Waals surface area contributed by atoms with Crippen molar-refractivity contribution in [2.24, 2.45) is 0 Å². The number of pyridine rings is 1. The summed E-state index contributed by atoms with van der Waals surface area (Å²) in [7, 11) is 0. The number of fused-ring (bicyclic) bond motifs is 3. The van der Waals surface area contributed by atoms with Crippen molar-refractivity contribution in [3.63, 3.8) is 0 Å². The zero-order chi connectivity index (χ0) is 35.6. The highest BCUT2D eigenvalue weighted by Gasteiger charge is 2.60. The molecule has 1 saturated heterocycles. The minimum Gasteiger partial charge on any atom is -0.444 e. The predicted octanol–water partition coefficient (Wildman–Crippen LogP) is 5.48. The van der Waals surface area contributed by atoms with E-state index < -0.39 is 17.1 Å². The summed E-state index contributed by atoms with van der Waals surface area (Å²) >= 11 is 5.73. The van der Waals surface area contributed by atoms with Crippen LogP contribution in [0.15, 0.2) is 41.1 Å². The molecule has 1 spiro atoms. The first-order valence-electron chi connectivity index (χ1n) is 17.0. The van der Waals surface area contributed by atoms with Crippen LogP contribution in [0.25, 0.3) is 11.0 Å². The summed E-state index contributed by atoms with van der Waals surface area (Å²) < 4.78 is 36.9. The van der Waals surface area contributed by atoms with Gasteiger partial charge in [0.1, 0.15) is 16.8 Å². The molecule has 0 aliphatic carbocycles. The van der Waals surface area contributed by atoms with Crippen LogP contribution in [0.3, 0.4) is 0 Å². The second kappa shape index (κ2) is 18.4. The second-order valence-corrected chi connectivity index (χ2v) is 14.7. The van der Waals surface area contributed by atoms with Gasteiger partial charge in [-0.2, -0.15) is 0 Å². The number of carbonyl (C=O) groups excluding carboxylic acids is 2. The van der Waals surface area contributed by atoms with Crippen molar-refractivity contribution >= 4 is 67.2 Å².